The van der Waals surface area contributed by atoms with Crippen molar-refractivity contribution in [2.75, 3.05) is 0 Å². The number of nitrogens with one attached hydrogen (secondary N) is 1. The molecule has 54 heavy (non-hydrogen) atoms. The largest absolute Gasteiger partial charge is 0.390 e. The minimum absolute atomic E-state index is 0. The maximum Gasteiger partial charge on any atom is 0.139 e. The first-order valence-electron chi connectivity index (χ1n) is 21.3. The molecule has 12 aliphatic carbocycles. The molecule has 298 valence electrons. The summed E-state index contributed by atoms with van der Waals surface area (Å²) in [5.41, 5.74) is 13.2. The standard InChI is InChI=1S/C18H25NO.C10H17NO.C10H14O2.C8H11N.CH4/c1-12(14-5-3-2-4-6-14)19-17-15-7-13-8-16(17)11-18(20,9-13)10-15;2*11-9-7-1-6-2-8(9)5-10(12,3-6)4-7;1-7(9)8-5-3-2-4-6-8;/h2-6,12-13,15-17,19-20H,7-11H2,1H3;6-9,12H,1-5,11H2;6-8,12H,1-5H2;2-7H,9H2,1H3;1H4/t12-,13?,15?,16?,17?,18?;;;7-;/m0..0./s1. The topological polar surface area (TPSA) is 142 Å². The smallest absolute Gasteiger partial charge is 0.139 e. The molecule has 2 aromatic carbocycles. The molecule has 8 atom stereocenters. The van der Waals surface area contributed by atoms with Gasteiger partial charge >= 0.3 is 0 Å². The van der Waals surface area contributed by atoms with E-state index in [9.17, 15) is 20.1 Å². The van der Waals surface area contributed by atoms with E-state index in [2.05, 4.69) is 42.6 Å². The van der Waals surface area contributed by atoms with E-state index in [0.717, 1.165) is 82.5 Å². The molecular formula is C47H71N3O4. The van der Waals surface area contributed by atoms with E-state index in [-0.39, 0.29) is 36.5 Å². The molecule has 0 saturated heterocycles. The van der Waals surface area contributed by atoms with Crippen LogP contribution in [0.2, 0.25) is 0 Å². The Hall–Kier alpha value is -2.13. The first-order valence-corrected chi connectivity index (χ1v) is 21.3. The first kappa shape index (κ1) is 40.1. The fourth-order valence-corrected chi connectivity index (χ4v) is 13.9. The lowest BCUT2D eigenvalue weighted by molar-refractivity contribution is -0.161. The summed E-state index contributed by atoms with van der Waals surface area (Å²) >= 11 is 0. The quantitative estimate of drug-likeness (QED) is 0.189. The predicted octanol–water partition coefficient (Wildman–Crippen LogP) is 7.63. The van der Waals surface area contributed by atoms with Gasteiger partial charge in [0, 0.05) is 36.0 Å². The molecule has 8 N–H and O–H groups in total. The van der Waals surface area contributed by atoms with E-state index in [0.29, 0.717) is 53.5 Å². The van der Waals surface area contributed by atoms with Gasteiger partial charge < -0.3 is 32.1 Å². The molecule has 0 aromatic heterocycles. The number of ketones is 1. The minimum atomic E-state index is -0.440. The van der Waals surface area contributed by atoms with Crippen molar-refractivity contribution >= 4 is 5.78 Å². The second kappa shape index (κ2) is 15.7. The van der Waals surface area contributed by atoms with Crippen LogP contribution < -0.4 is 16.8 Å². The summed E-state index contributed by atoms with van der Waals surface area (Å²) < 4.78 is 0. The average Bonchev–Trinajstić information content (AvgIpc) is 3.10. The number of rotatable bonds is 4. The fraction of sp³-hybridized carbons (Fsp3) is 0.723. The Labute approximate surface area is 325 Å². The molecule has 0 radical (unpaired) electrons. The SMILES string of the molecule is C.C[C@H](N)c1ccccc1.C[C@H](NC1C2CC3CC1CC(O)(C3)C2)c1ccccc1.NC1C2CC3CC1CC(O)(C3)C2.O=C1C2CC3CC1CC(O)(C3)C2. The summed E-state index contributed by atoms with van der Waals surface area (Å²) in [7, 11) is 0. The number of carbonyl (C=O) groups is 1. The summed E-state index contributed by atoms with van der Waals surface area (Å²) in [5, 5.41) is 34.8. The van der Waals surface area contributed by atoms with E-state index >= 15 is 0 Å². The van der Waals surface area contributed by atoms with Crippen molar-refractivity contribution in [3.63, 3.8) is 0 Å². The predicted molar refractivity (Wildman–Crippen MR) is 216 cm³/mol. The highest BCUT2D eigenvalue weighted by molar-refractivity contribution is 5.85. The number of benzene rings is 2. The third kappa shape index (κ3) is 8.43. The molecule has 6 unspecified atom stereocenters. The fourth-order valence-electron chi connectivity index (χ4n) is 13.9. The van der Waals surface area contributed by atoms with Crippen molar-refractivity contribution in [2.24, 2.45) is 64.7 Å². The van der Waals surface area contributed by atoms with Gasteiger partial charge in [0.15, 0.2) is 0 Å². The molecule has 2 aromatic rings. The van der Waals surface area contributed by atoms with Gasteiger partial charge in [-0.25, -0.2) is 0 Å². The Morgan fingerprint density at radius 3 is 1.39 bits per heavy atom. The van der Waals surface area contributed by atoms with Gasteiger partial charge in [-0.3, -0.25) is 4.79 Å². The highest BCUT2D eigenvalue weighted by atomic mass is 16.3. The number of aliphatic hydroxyl groups is 3. The zero-order chi connectivity index (χ0) is 37.1. The summed E-state index contributed by atoms with van der Waals surface area (Å²) in [5.74, 6) is 5.82. The minimum Gasteiger partial charge on any atom is -0.390 e. The van der Waals surface area contributed by atoms with Crippen LogP contribution in [0, 0.1) is 53.3 Å². The van der Waals surface area contributed by atoms with Crippen LogP contribution in [-0.4, -0.2) is 50.0 Å². The van der Waals surface area contributed by atoms with Crippen LogP contribution in [0.25, 0.3) is 0 Å². The second-order valence-electron chi connectivity index (χ2n) is 20.0. The zero-order valence-corrected chi connectivity index (χ0v) is 32.3. The third-order valence-electron chi connectivity index (χ3n) is 15.6. The Morgan fingerprint density at radius 1 is 0.593 bits per heavy atom. The average molecular weight is 742 g/mol. The number of hydrogen-bond donors (Lipinski definition) is 6. The summed E-state index contributed by atoms with van der Waals surface area (Å²) in [6, 6.07) is 22.4. The number of Topliss-reactive ketones (excluding diaryl/α,β-unsaturated/α-hetero) is 1. The summed E-state index contributed by atoms with van der Waals surface area (Å²) in [6.07, 6.45) is 16.0. The van der Waals surface area contributed by atoms with Crippen molar-refractivity contribution in [1.29, 1.82) is 0 Å². The van der Waals surface area contributed by atoms with Crippen LogP contribution >= 0.6 is 0 Å². The van der Waals surface area contributed by atoms with Gasteiger partial charge in [0.1, 0.15) is 5.78 Å². The monoisotopic (exact) mass is 742 g/mol. The van der Waals surface area contributed by atoms with E-state index in [1.165, 1.54) is 36.8 Å². The van der Waals surface area contributed by atoms with Gasteiger partial charge in [-0.1, -0.05) is 68.1 Å². The molecule has 14 rings (SSSR count). The lowest BCUT2D eigenvalue weighted by Crippen LogP contribution is -2.61. The molecule has 0 aliphatic heterocycles. The van der Waals surface area contributed by atoms with Gasteiger partial charge in [-0.05, 0) is 163 Å². The molecule has 0 spiro atoms. The van der Waals surface area contributed by atoms with Crippen molar-refractivity contribution in [2.45, 2.75) is 159 Å². The highest BCUT2D eigenvalue weighted by Crippen LogP contribution is 2.57. The lowest BCUT2D eigenvalue weighted by Gasteiger charge is -2.58. The lowest BCUT2D eigenvalue weighted by atomic mass is 9.52. The van der Waals surface area contributed by atoms with E-state index < -0.39 is 5.60 Å². The molecular weight excluding hydrogens is 671 g/mol. The highest BCUT2D eigenvalue weighted by Gasteiger charge is 2.56. The number of carbonyl (C=O) groups excluding carboxylic acids is 1. The molecule has 12 aliphatic rings. The molecule has 7 nitrogen and oxygen atoms in total. The Morgan fingerprint density at radius 2 is 0.981 bits per heavy atom. The van der Waals surface area contributed by atoms with Crippen LogP contribution in [0.15, 0.2) is 60.7 Å². The molecule has 12 fully saturated rings. The van der Waals surface area contributed by atoms with E-state index in [1.807, 2.05) is 37.3 Å². The van der Waals surface area contributed by atoms with Crippen LogP contribution in [0.4, 0.5) is 0 Å². The molecule has 12 saturated carbocycles. The van der Waals surface area contributed by atoms with E-state index in [1.54, 1.807) is 0 Å². The molecule has 7 heteroatoms. The molecule has 12 bridgehead atoms. The van der Waals surface area contributed by atoms with Crippen LogP contribution in [-0.2, 0) is 4.79 Å². The van der Waals surface area contributed by atoms with Gasteiger partial charge in [0.2, 0.25) is 0 Å². The van der Waals surface area contributed by atoms with Gasteiger partial charge in [0.25, 0.3) is 0 Å². The maximum absolute atomic E-state index is 11.6. The Balaban J connectivity index is 0.000000116. The van der Waals surface area contributed by atoms with Crippen LogP contribution in [0.5, 0.6) is 0 Å². The maximum atomic E-state index is 11.6. The summed E-state index contributed by atoms with van der Waals surface area (Å²) in [6.45, 7) is 4.25. The van der Waals surface area contributed by atoms with Crippen molar-refractivity contribution < 1.29 is 20.1 Å². The first-order chi connectivity index (χ1) is 25.3. The molecule has 0 amide bonds. The van der Waals surface area contributed by atoms with Crippen LogP contribution in [0.3, 0.4) is 0 Å². The second-order valence-corrected chi connectivity index (χ2v) is 20.0. The van der Waals surface area contributed by atoms with Crippen molar-refractivity contribution in [1.82, 2.24) is 5.32 Å². The van der Waals surface area contributed by atoms with Gasteiger partial charge in [-0.15, -0.1) is 0 Å². The van der Waals surface area contributed by atoms with Crippen molar-refractivity contribution in [3.05, 3.63) is 71.8 Å². The van der Waals surface area contributed by atoms with Gasteiger partial charge in [0.05, 0.1) is 16.8 Å². The van der Waals surface area contributed by atoms with Crippen molar-refractivity contribution in [3.8, 4) is 0 Å². The Bertz CT molecular complexity index is 1520. The van der Waals surface area contributed by atoms with Crippen LogP contribution in [0.1, 0.15) is 141 Å². The Kier molecular flexibility index (Phi) is 11.6. The van der Waals surface area contributed by atoms with E-state index in [4.69, 9.17) is 11.5 Å². The van der Waals surface area contributed by atoms with Gasteiger partial charge in [-0.2, -0.15) is 0 Å². The molecule has 0 heterocycles. The number of hydrogen-bond acceptors (Lipinski definition) is 7. The summed E-state index contributed by atoms with van der Waals surface area (Å²) in [4.78, 5) is 11.6. The normalized spacial score (nSPS) is 44.8. The number of nitrogens with two attached hydrogens (primary N) is 2. The third-order valence-corrected chi connectivity index (χ3v) is 15.6. The zero-order valence-electron chi connectivity index (χ0n) is 32.3.